The van der Waals surface area contributed by atoms with E-state index >= 15 is 0 Å². The Bertz CT molecular complexity index is 195. The third-order valence-corrected chi connectivity index (χ3v) is 2.57. The first kappa shape index (κ1) is 15.4. The highest BCUT2D eigenvalue weighted by Crippen LogP contribution is 2.10. The number of aliphatic hydroxyl groups excluding tert-OH is 1. The molecule has 1 atom stereocenters. The molecule has 0 heterocycles. The van der Waals surface area contributed by atoms with Crippen molar-refractivity contribution in [1.82, 2.24) is 4.90 Å². The molecule has 0 aliphatic heterocycles. The summed E-state index contributed by atoms with van der Waals surface area (Å²) < 4.78 is 4.93. The van der Waals surface area contributed by atoms with Gasteiger partial charge in [0.2, 0.25) is 0 Å². The standard InChI is InChI=1S/C12H25NO3/c1-5-16-12(15)9-11(4)13(10(2)3)7-6-8-14/h10-11,14H,5-9H2,1-4H3. The summed E-state index contributed by atoms with van der Waals surface area (Å²) in [5.74, 6) is -0.148. The van der Waals surface area contributed by atoms with Crippen molar-refractivity contribution in [2.45, 2.75) is 52.6 Å². The molecule has 0 saturated carbocycles. The number of carbonyl (C=O) groups is 1. The van der Waals surface area contributed by atoms with Crippen molar-refractivity contribution in [3.8, 4) is 0 Å². The predicted octanol–water partition coefficient (Wildman–Crippen LogP) is 1.42. The highest BCUT2D eigenvalue weighted by atomic mass is 16.5. The van der Waals surface area contributed by atoms with Gasteiger partial charge in [0, 0.05) is 25.2 Å². The van der Waals surface area contributed by atoms with Gasteiger partial charge in [0.1, 0.15) is 0 Å². The first-order valence-electron chi connectivity index (χ1n) is 6.05. The molecule has 0 aromatic carbocycles. The summed E-state index contributed by atoms with van der Waals surface area (Å²) in [6, 6.07) is 0.529. The lowest BCUT2D eigenvalue weighted by molar-refractivity contribution is -0.144. The van der Waals surface area contributed by atoms with Crippen LogP contribution < -0.4 is 0 Å². The van der Waals surface area contributed by atoms with Gasteiger partial charge < -0.3 is 9.84 Å². The maximum Gasteiger partial charge on any atom is 0.307 e. The minimum Gasteiger partial charge on any atom is -0.466 e. The molecule has 1 unspecified atom stereocenters. The van der Waals surface area contributed by atoms with E-state index in [1.54, 1.807) is 0 Å². The zero-order valence-electron chi connectivity index (χ0n) is 10.9. The van der Waals surface area contributed by atoms with E-state index in [4.69, 9.17) is 9.84 Å². The average molecular weight is 231 g/mol. The smallest absolute Gasteiger partial charge is 0.307 e. The largest absolute Gasteiger partial charge is 0.466 e. The number of nitrogens with zero attached hydrogens (tertiary/aromatic N) is 1. The molecular weight excluding hydrogens is 206 g/mol. The van der Waals surface area contributed by atoms with E-state index < -0.39 is 0 Å². The zero-order valence-corrected chi connectivity index (χ0v) is 10.9. The Morgan fingerprint density at radius 3 is 2.44 bits per heavy atom. The maximum absolute atomic E-state index is 11.4. The molecule has 0 aromatic rings. The average Bonchev–Trinajstić information content (AvgIpc) is 2.17. The van der Waals surface area contributed by atoms with Crippen LogP contribution in [0, 0.1) is 0 Å². The number of hydrogen-bond acceptors (Lipinski definition) is 4. The van der Waals surface area contributed by atoms with Crippen LogP contribution in [0.5, 0.6) is 0 Å². The Balaban J connectivity index is 4.15. The van der Waals surface area contributed by atoms with Crippen molar-refractivity contribution in [1.29, 1.82) is 0 Å². The van der Waals surface area contributed by atoms with Crippen molar-refractivity contribution < 1.29 is 14.6 Å². The number of ether oxygens (including phenoxy) is 1. The molecule has 0 spiro atoms. The second-order valence-corrected chi connectivity index (χ2v) is 4.27. The monoisotopic (exact) mass is 231 g/mol. The molecule has 4 heteroatoms. The summed E-state index contributed by atoms with van der Waals surface area (Å²) in [6.07, 6.45) is 1.16. The van der Waals surface area contributed by atoms with Gasteiger partial charge in [-0.25, -0.2) is 0 Å². The topological polar surface area (TPSA) is 49.8 Å². The molecule has 0 amide bonds. The van der Waals surface area contributed by atoms with Crippen molar-refractivity contribution in [3.05, 3.63) is 0 Å². The lowest BCUT2D eigenvalue weighted by Crippen LogP contribution is -2.41. The molecule has 96 valence electrons. The minimum absolute atomic E-state index is 0.148. The number of rotatable bonds is 8. The van der Waals surface area contributed by atoms with E-state index in [1.807, 2.05) is 13.8 Å². The Hall–Kier alpha value is -0.610. The highest BCUT2D eigenvalue weighted by molar-refractivity contribution is 5.70. The summed E-state index contributed by atoms with van der Waals surface area (Å²) in [5.41, 5.74) is 0. The lowest BCUT2D eigenvalue weighted by Gasteiger charge is -2.32. The zero-order chi connectivity index (χ0) is 12.6. The minimum atomic E-state index is -0.148. The summed E-state index contributed by atoms with van der Waals surface area (Å²) in [4.78, 5) is 13.6. The van der Waals surface area contributed by atoms with Gasteiger partial charge in [-0.05, 0) is 34.1 Å². The highest BCUT2D eigenvalue weighted by Gasteiger charge is 2.19. The second-order valence-electron chi connectivity index (χ2n) is 4.27. The molecule has 0 radical (unpaired) electrons. The molecule has 16 heavy (non-hydrogen) atoms. The normalized spacial score (nSPS) is 13.2. The summed E-state index contributed by atoms with van der Waals surface area (Å²) in [7, 11) is 0. The molecule has 1 N–H and O–H groups in total. The van der Waals surface area contributed by atoms with Crippen LogP contribution >= 0.6 is 0 Å². The van der Waals surface area contributed by atoms with E-state index in [2.05, 4.69) is 18.7 Å². The summed E-state index contributed by atoms with van der Waals surface area (Å²) in [5, 5.41) is 8.83. The van der Waals surface area contributed by atoms with E-state index in [9.17, 15) is 4.79 Å². The number of carbonyl (C=O) groups excluding carboxylic acids is 1. The number of aliphatic hydroxyl groups is 1. The third kappa shape index (κ3) is 6.08. The van der Waals surface area contributed by atoms with Gasteiger partial charge in [-0.2, -0.15) is 0 Å². The predicted molar refractivity (Wildman–Crippen MR) is 64.3 cm³/mol. The Morgan fingerprint density at radius 2 is 2.00 bits per heavy atom. The number of esters is 1. The first-order valence-corrected chi connectivity index (χ1v) is 6.05. The Labute approximate surface area is 98.6 Å². The SMILES string of the molecule is CCOC(=O)CC(C)N(CCCO)C(C)C. The van der Waals surface area contributed by atoms with Crippen LogP contribution in [0.25, 0.3) is 0 Å². The lowest BCUT2D eigenvalue weighted by atomic mass is 10.1. The van der Waals surface area contributed by atoms with Crippen LogP contribution in [0.3, 0.4) is 0 Å². The summed E-state index contributed by atoms with van der Waals surface area (Å²) >= 11 is 0. The molecule has 0 bridgehead atoms. The maximum atomic E-state index is 11.4. The number of hydrogen-bond donors (Lipinski definition) is 1. The van der Waals surface area contributed by atoms with Gasteiger partial charge in [-0.3, -0.25) is 9.69 Å². The third-order valence-electron chi connectivity index (χ3n) is 2.57. The van der Waals surface area contributed by atoms with Crippen LogP contribution in [0.15, 0.2) is 0 Å². The molecule has 0 saturated heterocycles. The van der Waals surface area contributed by atoms with E-state index in [0.717, 1.165) is 13.0 Å². The van der Waals surface area contributed by atoms with Crippen molar-refractivity contribution >= 4 is 5.97 Å². The van der Waals surface area contributed by atoms with Gasteiger partial charge in [-0.15, -0.1) is 0 Å². The Kier molecular flexibility index (Phi) is 8.21. The van der Waals surface area contributed by atoms with Gasteiger partial charge in [0.05, 0.1) is 13.0 Å². The molecule has 0 aliphatic rings. The first-order chi connectivity index (χ1) is 7.52. The summed E-state index contributed by atoms with van der Waals surface area (Å²) in [6.45, 7) is 9.47. The molecule has 0 fully saturated rings. The van der Waals surface area contributed by atoms with Gasteiger partial charge in [0.15, 0.2) is 0 Å². The van der Waals surface area contributed by atoms with Gasteiger partial charge in [-0.1, -0.05) is 0 Å². The van der Waals surface area contributed by atoms with E-state index in [1.165, 1.54) is 0 Å². The van der Waals surface area contributed by atoms with Crippen molar-refractivity contribution in [2.24, 2.45) is 0 Å². The molecule has 0 rings (SSSR count). The fraction of sp³-hybridized carbons (Fsp3) is 0.917. The van der Waals surface area contributed by atoms with E-state index in [-0.39, 0.29) is 18.6 Å². The van der Waals surface area contributed by atoms with Crippen LogP contribution in [0.2, 0.25) is 0 Å². The van der Waals surface area contributed by atoms with E-state index in [0.29, 0.717) is 19.1 Å². The van der Waals surface area contributed by atoms with Crippen molar-refractivity contribution in [3.63, 3.8) is 0 Å². The molecule has 4 nitrogen and oxygen atoms in total. The van der Waals surface area contributed by atoms with Gasteiger partial charge in [0.25, 0.3) is 0 Å². The van der Waals surface area contributed by atoms with Crippen molar-refractivity contribution in [2.75, 3.05) is 19.8 Å². The van der Waals surface area contributed by atoms with Gasteiger partial charge >= 0.3 is 5.97 Å². The quantitative estimate of drug-likeness (QED) is 0.642. The van der Waals surface area contributed by atoms with Crippen LogP contribution in [0.1, 0.15) is 40.5 Å². The van der Waals surface area contributed by atoms with Crippen LogP contribution in [0.4, 0.5) is 0 Å². The molecular formula is C12H25NO3. The fourth-order valence-electron chi connectivity index (χ4n) is 1.82. The Morgan fingerprint density at radius 1 is 1.38 bits per heavy atom. The van der Waals surface area contributed by atoms with Crippen LogP contribution in [-0.4, -0.2) is 47.8 Å². The molecule has 0 aromatic heterocycles. The second kappa shape index (κ2) is 8.53. The fourth-order valence-corrected chi connectivity index (χ4v) is 1.82. The van der Waals surface area contributed by atoms with Crippen LogP contribution in [-0.2, 0) is 9.53 Å². The molecule has 0 aliphatic carbocycles.